The first kappa shape index (κ1) is 20.6. The van der Waals surface area contributed by atoms with Crippen LogP contribution in [0, 0.1) is 25.2 Å². The van der Waals surface area contributed by atoms with Gasteiger partial charge >= 0.3 is 0 Å². The lowest BCUT2D eigenvalue weighted by Gasteiger charge is -2.23. The van der Waals surface area contributed by atoms with Gasteiger partial charge in [-0.05, 0) is 62.2 Å². The van der Waals surface area contributed by atoms with Gasteiger partial charge in [0.2, 0.25) is 10.0 Å². The van der Waals surface area contributed by atoms with Gasteiger partial charge in [-0.15, -0.1) is 0 Å². The molecule has 1 amide bonds. The number of hydrogen-bond donors (Lipinski definition) is 1. The second-order valence-corrected chi connectivity index (χ2v) is 7.94. The van der Waals surface area contributed by atoms with Gasteiger partial charge in [-0.1, -0.05) is 12.1 Å². The standard InChI is InChI=1S/C20H23N3O3S/c1-4-23(19-14-15(2)6-7-16(19)3)20(24)17-8-10-18(11-9-17)27(25,26)22-13-5-12-21/h6-11,14,22H,4-5,13H2,1-3H3. The summed E-state index contributed by atoms with van der Waals surface area (Å²) in [6.07, 6.45) is 0.0943. The number of benzene rings is 2. The molecular weight excluding hydrogens is 362 g/mol. The Morgan fingerprint density at radius 2 is 1.81 bits per heavy atom. The molecular formula is C20H23N3O3S. The molecule has 1 N–H and O–H groups in total. The minimum absolute atomic E-state index is 0.0514. The van der Waals surface area contributed by atoms with Crippen molar-refractivity contribution in [3.8, 4) is 6.07 Å². The van der Waals surface area contributed by atoms with E-state index in [0.29, 0.717) is 12.1 Å². The summed E-state index contributed by atoms with van der Waals surface area (Å²) in [5, 5.41) is 8.51. The van der Waals surface area contributed by atoms with Crippen LogP contribution in [0.2, 0.25) is 0 Å². The SMILES string of the molecule is CCN(C(=O)c1ccc(S(=O)(=O)NCCC#N)cc1)c1cc(C)ccc1C. The summed E-state index contributed by atoms with van der Waals surface area (Å²) in [5.74, 6) is -0.187. The van der Waals surface area contributed by atoms with Gasteiger partial charge < -0.3 is 4.90 Å². The molecule has 0 unspecified atom stereocenters. The molecule has 142 valence electrons. The van der Waals surface area contributed by atoms with Crippen LogP contribution in [0.3, 0.4) is 0 Å². The molecule has 0 radical (unpaired) electrons. The van der Waals surface area contributed by atoms with Crippen LogP contribution in [-0.2, 0) is 10.0 Å². The van der Waals surface area contributed by atoms with Gasteiger partial charge in [0.25, 0.3) is 5.91 Å². The van der Waals surface area contributed by atoms with E-state index in [1.54, 1.807) is 4.90 Å². The smallest absolute Gasteiger partial charge is 0.258 e. The van der Waals surface area contributed by atoms with Gasteiger partial charge in [0, 0.05) is 30.8 Å². The highest BCUT2D eigenvalue weighted by molar-refractivity contribution is 7.89. The van der Waals surface area contributed by atoms with E-state index in [1.807, 2.05) is 45.0 Å². The molecule has 0 spiro atoms. The number of nitrogens with one attached hydrogen (secondary N) is 1. The summed E-state index contributed by atoms with van der Waals surface area (Å²) in [6, 6.07) is 13.6. The monoisotopic (exact) mass is 385 g/mol. The fourth-order valence-corrected chi connectivity index (χ4v) is 3.72. The fourth-order valence-electron chi connectivity index (χ4n) is 2.69. The van der Waals surface area contributed by atoms with E-state index in [9.17, 15) is 13.2 Å². The first-order valence-corrected chi connectivity index (χ1v) is 10.1. The maximum absolute atomic E-state index is 12.9. The largest absolute Gasteiger partial charge is 0.308 e. The van der Waals surface area contributed by atoms with Crippen molar-refractivity contribution in [3.05, 3.63) is 59.2 Å². The van der Waals surface area contributed by atoms with E-state index in [4.69, 9.17) is 5.26 Å². The minimum atomic E-state index is -3.69. The molecule has 0 atom stereocenters. The van der Waals surface area contributed by atoms with E-state index in [0.717, 1.165) is 16.8 Å². The summed E-state index contributed by atoms with van der Waals surface area (Å²) in [6.45, 7) is 6.37. The number of anilines is 1. The van der Waals surface area contributed by atoms with E-state index in [-0.39, 0.29) is 23.8 Å². The molecule has 0 aliphatic carbocycles. The molecule has 0 aliphatic heterocycles. The topological polar surface area (TPSA) is 90.3 Å². The zero-order valence-electron chi connectivity index (χ0n) is 15.7. The van der Waals surface area contributed by atoms with Gasteiger partial charge in [-0.2, -0.15) is 5.26 Å². The van der Waals surface area contributed by atoms with Crippen LogP contribution in [0.5, 0.6) is 0 Å². The summed E-state index contributed by atoms with van der Waals surface area (Å²) < 4.78 is 26.7. The first-order chi connectivity index (χ1) is 12.8. The highest BCUT2D eigenvalue weighted by atomic mass is 32.2. The van der Waals surface area contributed by atoms with Crippen molar-refractivity contribution in [1.29, 1.82) is 5.26 Å². The zero-order valence-corrected chi connectivity index (χ0v) is 16.5. The third-order valence-electron chi connectivity index (χ3n) is 4.16. The number of nitriles is 1. The van der Waals surface area contributed by atoms with Crippen molar-refractivity contribution in [2.24, 2.45) is 0 Å². The van der Waals surface area contributed by atoms with Crippen molar-refractivity contribution in [2.75, 3.05) is 18.0 Å². The fraction of sp³-hybridized carbons (Fsp3) is 0.300. The number of hydrogen-bond acceptors (Lipinski definition) is 4. The molecule has 0 bridgehead atoms. The van der Waals surface area contributed by atoms with Gasteiger partial charge in [0.05, 0.1) is 11.0 Å². The Morgan fingerprint density at radius 1 is 1.15 bits per heavy atom. The third kappa shape index (κ3) is 4.94. The maximum atomic E-state index is 12.9. The summed E-state index contributed by atoms with van der Waals surface area (Å²) in [7, 11) is -3.69. The van der Waals surface area contributed by atoms with Gasteiger partial charge in [-0.3, -0.25) is 4.79 Å². The number of carbonyl (C=O) groups is 1. The van der Waals surface area contributed by atoms with Crippen LogP contribution >= 0.6 is 0 Å². The number of sulfonamides is 1. The molecule has 7 heteroatoms. The first-order valence-electron chi connectivity index (χ1n) is 8.66. The molecule has 0 saturated heterocycles. The third-order valence-corrected chi connectivity index (χ3v) is 5.63. The minimum Gasteiger partial charge on any atom is -0.308 e. The van der Waals surface area contributed by atoms with Crippen molar-refractivity contribution < 1.29 is 13.2 Å². The van der Waals surface area contributed by atoms with E-state index in [1.165, 1.54) is 24.3 Å². The number of amides is 1. The summed E-state index contributed by atoms with van der Waals surface area (Å²) >= 11 is 0. The average molecular weight is 385 g/mol. The van der Waals surface area contributed by atoms with Gasteiger partial charge in [0.1, 0.15) is 0 Å². The molecule has 0 saturated carbocycles. The molecule has 0 aliphatic rings. The van der Waals surface area contributed by atoms with Crippen LogP contribution in [0.1, 0.15) is 34.8 Å². The Morgan fingerprint density at radius 3 is 2.41 bits per heavy atom. The van der Waals surface area contributed by atoms with Crippen molar-refractivity contribution in [2.45, 2.75) is 32.1 Å². The normalized spacial score (nSPS) is 11.0. The predicted molar refractivity (Wildman–Crippen MR) is 105 cm³/mol. The highest BCUT2D eigenvalue weighted by Crippen LogP contribution is 2.23. The molecule has 2 rings (SSSR count). The van der Waals surface area contributed by atoms with Gasteiger partial charge in [0.15, 0.2) is 0 Å². The molecule has 6 nitrogen and oxygen atoms in total. The van der Waals surface area contributed by atoms with Crippen LogP contribution in [-0.4, -0.2) is 27.4 Å². The average Bonchev–Trinajstić information content (AvgIpc) is 2.65. The number of nitrogens with zero attached hydrogens (tertiary/aromatic N) is 2. The number of rotatable bonds is 7. The Bertz CT molecular complexity index is 961. The Kier molecular flexibility index (Phi) is 6.72. The molecule has 0 aromatic heterocycles. The Labute approximate surface area is 160 Å². The van der Waals surface area contributed by atoms with E-state index in [2.05, 4.69) is 4.72 Å². The van der Waals surface area contributed by atoms with E-state index >= 15 is 0 Å². The highest BCUT2D eigenvalue weighted by Gasteiger charge is 2.19. The lowest BCUT2D eigenvalue weighted by Crippen LogP contribution is -2.31. The zero-order chi connectivity index (χ0) is 20.0. The van der Waals surface area contributed by atoms with Crippen molar-refractivity contribution in [3.63, 3.8) is 0 Å². The summed E-state index contributed by atoms with van der Waals surface area (Å²) in [5.41, 5.74) is 3.31. The lowest BCUT2D eigenvalue weighted by atomic mass is 10.1. The lowest BCUT2D eigenvalue weighted by molar-refractivity contribution is 0.0988. The molecule has 27 heavy (non-hydrogen) atoms. The number of carbonyl (C=O) groups excluding carboxylic acids is 1. The number of aryl methyl sites for hydroxylation is 2. The van der Waals surface area contributed by atoms with Crippen LogP contribution in [0.4, 0.5) is 5.69 Å². The predicted octanol–water partition coefficient (Wildman–Crippen LogP) is 3.16. The second-order valence-electron chi connectivity index (χ2n) is 6.17. The maximum Gasteiger partial charge on any atom is 0.258 e. The van der Waals surface area contributed by atoms with Gasteiger partial charge in [-0.25, -0.2) is 13.1 Å². The Hall–Kier alpha value is -2.69. The van der Waals surface area contributed by atoms with E-state index < -0.39 is 10.0 Å². The molecule has 2 aromatic carbocycles. The molecule has 0 heterocycles. The van der Waals surface area contributed by atoms with Crippen molar-refractivity contribution >= 4 is 21.6 Å². The second kappa shape index (κ2) is 8.80. The quantitative estimate of drug-likeness (QED) is 0.741. The molecule has 2 aromatic rings. The van der Waals surface area contributed by atoms with Crippen LogP contribution in [0.25, 0.3) is 0 Å². The van der Waals surface area contributed by atoms with Crippen molar-refractivity contribution in [1.82, 2.24) is 4.72 Å². The Balaban J connectivity index is 2.26. The summed E-state index contributed by atoms with van der Waals surface area (Å²) in [4.78, 5) is 14.7. The molecule has 0 fully saturated rings. The van der Waals surface area contributed by atoms with Crippen LogP contribution in [0.15, 0.2) is 47.4 Å². The van der Waals surface area contributed by atoms with Crippen LogP contribution < -0.4 is 9.62 Å².